The third kappa shape index (κ3) is 3.52. The fourth-order valence-electron chi connectivity index (χ4n) is 1.14. The molecular weight excluding hydrogens is 238 g/mol. The quantitative estimate of drug-likeness (QED) is 0.412. The predicted molar refractivity (Wildman–Crippen MR) is 53.5 cm³/mol. The minimum Gasteiger partial charge on any atom is -0.383 e. The standard InChI is InChI=1S/C7H13N3O5S/c1-15-3-2-8-16(13,14)10-4-6(11)9-7(12)5-10/h8H,2-5H2,1H3,(H,9,11,12). The monoisotopic (exact) mass is 251 g/mol. The van der Waals surface area contributed by atoms with Crippen molar-refractivity contribution in [3.05, 3.63) is 0 Å². The molecule has 2 N–H and O–H groups in total. The van der Waals surface area contributed by atoms with E-state index >= 15 is 0 Å². The van der Waals surface area contributed by atoms with Crippen LogP contribution in [0.4, 0.5) is 0 Å². The van der Waals surface area contributed by atoms with E-state index in [1.54, 1.807) is 0 Å². The molecule has 0 spiro atoms. The maximum absolute atomic E-state index is 11.6. The van der Waals surface area contributed by atoms with Crippen molar-refractivity contribution in [2.45, 2.75) is 0 Å². The number of nitrogens with zero attached hydrogens (tertiary/aromatic N) is 1. The van der Waals surface area contributed by atoms with E-state index in [4.69, 9.17) is 0 Å². The van der Waals surface area contributed by atoms with Crippen molar-refractivity contribution < 1.29 is 22.7 Å². The van der Waals surface area contributed by atoms with Crippen LogP contribution in [0.3, 0.4) is 0 Å². The molecule has 0 bridgehead atoms. The summed E-state index contributed by atoms with van der Waals surface area (Å²) in [6.45, 7) is -0.402. The Kier molecular flexibility index (Phi) is 4.35. The number of ether oxygens (including phenoxy) is 1. The van der Waals surface area contributed by atoms with Gasteiger partial charge < -0.3 is 4.74 Å². The van der Waals surface area contributed by atoms with Gasteiger partial charge >= 0.3 is 0 Å². The van der Waals surface area contributed by atoms with Crippen molar-refractivity contribution in [2.24, 2.45) is 0 Å². The highest BCUT2D eigenvalue weighted by atomic mass is 32.2. The van der Waals surface area contributed by atoms with Crippen molar-refractivity contribution in [2.75, 3.05) is 33.4 Å². The number of methoxy groups -OCH3 is 1. The molecule has 0 aliphatic carbocycles. The van der Waals surface area contributed by atoms with Crippen molar-refractivity contribution in [1.82, 2.24) is 14.3 Å². The molecule has 0 atom stereocenters. The van der Waals surface area contributed by atoms with Crippen molar-refractivity contribution in [1.29, 1.82) is 0 Å². The van der Waals surface area contributed by atoms with Crippen LogP contribution < -0.4 is 10.0 Å². The van der Waals surface area contributed by atoms with Gasteiger partial charge in [-0.1, -0.05) is 0 Å². The first-order chi connectivity index (χ1) is 7.45. The molecule has 1 aliphatic rings. The van der Waals surface area contributed by atoms with Crippen LogP contribution in [0.25, 0.3) is 0 Å². The summed E-state index contributed by atoms with van der Waals surface area (Å²) in [5.74, 6) is -1.26. The van der Waals surface area contributed by atoms with Crippen LogP contribution in [-0.4, -0.2) is 57.9 Å². The van der Waals surface area contributed by atoms with Gasteiger partial charge in [0.15, 0.2) is 0 Å². The minimum absolute atomic E-state index is 0.0884. The number of nitrogens with one attached hydrogen (secondary N) is 2. The second-order valence-corrected chi connectivity index (χ2v) is 4.89. The summed E-state index contributed by atoms with van der Waals surface area (Å²) in [6.07, 6.45) is 0. The Balaban J connectivity index is 2.60. The van der Waals surface area contributed by atoms with Gasteiger partial charge in [0, 0.05) is 13.7 Å². The highest BCUT2D eigenvalue weighted by Gasteiger charge is 2.31. The summed E-state index contributed by atoms with van der Waals surface area (Å²) in [5, 5.41) is 2.01. The first-order valence-electron chi connectivity index (χ1n) is 4.52. The van der Waals surface area contributed by atoms with Crippen molar-refractivity contribution >= 4 is 22.0 Å². The third-order valence-electron chi connectivity index (χ3n) is 1.85. The average Bonchev–Trinajstić information content (AvgIpc) is 2.16. The fraction of sp³-hybridized carbons (Fsp3) is 0.714. The van der Waals surface area contributed by atoms with Gasteiger partial charge in [0.2, 0.25) is 11.8 Å². The van der Waals surface area contributed by atoms with E-state index in [9.17, 15) is 18.0 Å². The second kappa shape index (κ2) is 5.34. The lowest BCUT2D eigenvalue weighted by molar-refractivity contribution is -0.134. The summed E-state index contributed by atoms with van der Waals surface area (Å²) >= 11 is 0. The molecule has 1 fully saturated rings. The van der Waals surface area contributed by atoms with Gasteiger partial charge in [-0.25, -0.2) is 0 Å². The summed E-state index contributed by atoms with van der Waals surface area (Å²) < 4.78 is 30.8. The van der Waals surface area contributed by atoms with Gasteiger partial charge in [-0.15, -0.1) is 0 Å². The Bertz CT molecular complexity index is 363. The van der Waals surface area contributed by atoms with E-state index in [0.717, 1.165) is 4.31 Å². The Morgan fingerprint density at radius 3 is 2.44 bits per heavy atom. The van der Waals surface area contributed by atoms with E-state index in [1.807, 2.05) is 5.32 Å². The molecule has 9 heteroatoms. The zero-order chi connectivity index (χ0) is 12.2. The number of hydrogen-bond donors (Lipinski definition) is 2. The number of rotatable bonds is 5. The van der Waals surface area contributed by atoms with Gasteiger partial charge in [0.1, 0.15) is 0 Å². The first kappa shape index (κ1) is 13.0. The summed E-state index contributed by atoms with van der Waals surface area (Å²) in [6, 6.07) is 0. The Morgan fingerprint density at radius 1 is 1.38 bits per heavy atom. The fourth-order valence-corrected chi connectivity index (χ4v) is 2.24. The topological polar surface area (TPSA) is 105 Å². The van der Waals surface area contributed by atoms with Crippen LogP contribution in [0.5, 0.6) is 0 Å². The number of amides is 2. The molecule has 0 unspecified atom stereocenters. The molecule has 1 heterocycles. The predicted octanol–water partition coefficient (Wildman–Crippen LogP) is -2.57. The summed E-state index contributed by atoms with van der Waals surface area (Å²) in [7, 11) is -2.36. The second-order valence-electron chi connectivity index (χ2n) is 3.13. The number of carbonyl (C=O) groups is 2. The molecule has 1 saturated heterocycles. The molecule has 0 aromatic heterocycles. The van der Waals surface area contributed by atoms with E-state index in [2.05, 4.69) is 9.46 Å². The molecule has 1 rings (SSSR count). The minimum atomic E-state index is -3.80. The molecular formula is C7H13N3O5S. The average molecular weight is 251 g/mol. The molecule has 0 aromatic rings. The molecule has 0 aromatic carbocycles. The van der Waals surface area contributed by atoms with Gasteiger partial charge in [-0.3, -0.25) is 14.9 Å². The molecule has 8 nitrogen and oxygen atoms in total. The van der Waals surface area contributed by atoms with Crippen LogP contribution in [0.2, 0.25) is 0 Å². The molecule has 92 valence electrons. The Labute approximate surface area is 93.1 Å². The van der Waals surface area contributed by atoms with Gasteiger partial charge in [0.25, 0.3) is 10.2 Å². The Morgan fingerprint density at radius 2 is 1.94 bits per heavy atom. The van der Waals surface area contributed by atoms with E-state index in [-0.39, 0.29) is 26.2 Å². The molecule has 16 heavy (non-hydrogen) atoms. The van der Waals surface area contributed by atoms with Crippen molar-refractivity contribution in [3.63, 3.8) is 0 Å². The highest BCUT2D eigenvalue weighted by molar-refractivity contribution is 7.87. The maximum atomic E-state index is 11.6. The van der Waals surface area contributed by atoms with E-state index in [0.29, 0.717) is 0 Å². The van der Waals surface area contributed by atoms with Crippen molar-refractivity contribution in [3.8, 4) is 0 Å². The van der Waals surface area contributed by atoms with Crippen LogP contribution in [0, 0.1) is 0 Å². The lowest BCUT2D eigenvalue weighted by atomic mass is 10.4. The lowest BCUT2D eigenvalue weighted by Crippen LogP contribution is -2.56. The number of hydrogen-bond acceptors (Lipinski definition) is 5. The zero-order valence-electron chi connectivity index (χ0n) is 8.73. The summed E-state index contributed by atoms with van der Waals surface area (Å²) in [5.41, 5.74) is 0. The molecule has 1 aliphatic heterocycles. The smallest absolute Gasteiger partial charge is 0.280 e. The number of piperazine rings is 1. The Hall–Kier alpha value is -1.03. The zero-order valence-corrected chi connectivity index (χ0v) is 9.54. The SMILES string of the molecule is COCCNS(=O)(=O)N1CC(=O)NC(=O)C1. The first-order valence-corrected chi connectivity index (χ1v) is 5.96. The summed E-state index contributed by atoms with van der Waals surface area (Å²) in [4.78, 5) is 21.9. The van der Waals surface area contributed by atoms with Crippen LogP contribution in [0.1, 0.15) is 0 Å². The van der Waals surface area contributed by atoms with Gasteiger partial charge in [-0.2, -0.15) is 17.4 Å². The van der Waals surface area contributed by atoms with Gasteiger partial charge in [0.05, 0.1) is 19.7 Å². The molecule has 0 radical (unpaired) electrons. The van der Waals surface area contributed by atoms with Crippen LogP contribution in [-0.2, 0) is 24.5 Å². The van der Waals surface area contributed by atoms with E-state index in [1.165, 1.54) is 7.11 Å². The molecule has 2 amide bonds. The van der Waals surface area contributed by atoms with Crippen LogP contribution in [0.15, 0.2) is 0 Å². The normalized spacial score (nSPS) is 18.6. The number of carbonyl (C=O) groups excluding carboxylic acids is 2. The van der Waals surface area contributed by atoms with Crippen LogP contribution >= 0.6 is 0 Å². The van der Waals surface area contributed by atoms with E-state index < -0.39 is 22.0 Å². The molecule has 0 saturated carbocycles. The third-order valence-corrected chi connectivity index (χ3v) is 3.36. The largest absolute Gasteiger partial charge is 0.383 e. The lowest BCUT2D eigenvalue weighted by Gasteiger charge is -2.24. The number of imide groups is 1. The van der Waals surface area contributed by atoms with Gasteiger partial charge in [-0.05, 0) is 0 Å². The maximum Gasteiger partial charge on any atom is 0.280 e. The highest BCUT2D eigenvalue weighted by Crippen LogP contribution is 2.00.